The van der Waals surface area contributed by atoms with E-state index in [4.69, 9.17) is 5.26 Å². The van der Waals surface area contributed by atoms with E-state index in [1.807, 2.05) is 5.40 Å². The van der Waals surface area contributed by atoms with Gasteiger partial charge in [0.15, 0.2) is 0 Å². The summed E-state index contributed by atoms with van der Waals surface area (Å²) in [5.41, 5.74) is 0. The Balaban J connectivity index is 1.97. The molecule has 4 rings (SSSR count). The molecule has 15 heavy (non-hydrogen) atoms. The number of carbonyl (C=O) groups excluding carboxylic acids is 2. The molecule has 0 aromatic heterocycles. The van der Waals surface area contributed by atoms with E-state index in [0.29, 0.717) is 24.4 Å². The average molecular weight is 221 g/mol. The molecule has 0 amide bonds. The zero-order valence-corrected chi connectivity index (χ0v) is 9.00. The molecule has 0 aromatic carbocycles. The van der Waals surface area contributed by atoms with Crippen LogP contribution in [0.3, 0.4) is 0 Å². The third-order valence-corrected chi connectivity index (χ3v) is 5.20. The molecule has 0 saturated heterocycles. The van der Waals surface area contributed by atoms with Crippen molar-refractivity contribution in [2.45, 2.75) is 24.5 Å². The topological polar surface area (TPSA) is 57.9 Å². The van der Waals surface area contributed by atoms with E-state index >= 15 is 0 Å². The maximum atomic E-state index is 11.9. The Kier molecular flexibility index (Phi) is 1.93. The molecule has 4 fully saturated rings. The number of ketones is 2. The highest BCUT2D eigenvalue weighted by atomic mass is 32.2. The number of thioether (sulfide) groups is 1. The minimum absolute atomic E-state index is 0.00477. The summed E-state index contributed by atoms with van der Waals surface area (Å²) in [5, 5.41) is 10.7. The van der Waals surface area contributed by atoms with Crippen LogP contribution in [0.2, 0.25) is 0 Å². The predicted octanol–water partition coefficient (Wildman–Crippen LogP) is 1.38. The third-order valence-electron chi connectivity index (χ3n) is 4.16. The standard InChI is InChI=1S/C11H11NO2S/c12-4-15-11-7-2-5-1-6(10(7)14)3-8(11)9(5)13/h5-8,11H,1-3H2/t5-,6-,7-,8-/m1/s1. The lowest BCUT2D eigenvalue weighted by atomic mass is 9.55. The molecule has 0 N–H and O–H groups in total. The minimum atomic E-state index is -0.0391. The van der Waals surface area contributed by atoms with E-state index < -0.39 is 0 Å². The Morgan fingerprint density at radius 2 is 1.60 bits per heavy atom. The van der Waals surface area contributed by atoms with Crippen molar-refractivity contribution >= 4 is 23.3 Å². The van der Waals surface area contributed by atoms with Gasteiger partial charge in [0.25, 0.3) is 0 Å². The van der Waals surface area contributed by atoms with Crippen LogP contribution in [0, 0.1) is 34.3 Å². The van der Waals surface area contributed by atoms with Crippen molar-refractivity contribution < 1.29 is 9.59 Å². The molecule has 4 heteroatoms. The van der Waals surface area contributed by atoms with Crippen LogP contribution in [-0.4, -0.2) is 16.8 Å². The molecule has 0 aromatic rings. The number of nitrogens with zero attached hydrogens (tertiary/aromatic N) is 1. The van der Waals surface area contributed by atoms with Crippen molar-refractivity contribution in [2.24, 2.45) is 23.7 Å². The summed E-state index contributed by atoms with van der Waals surface area (Å²) in [6.07, 6.45) is 2.21. The number of thiocyanates is 1. The van der Waals surface area contributed by atoms with E-state index in [9.17, 15) is 9.59 Å². The Labute approximate surface area is 92.2 Å². The van der Waals surface area contributed by atoms with Crippen LogP contribution in [0.15, 0.2) is 0 Å². The molecular formula is C11H11NO2S. The first kappa shape index (κ1) is 9.41. The number of carbonyl (C=O) groups is 2. The van der Waals surface area contributed by atoms with Crippen molar-refractivity contribution in [3.8, 4) is 5.40 Å². The second-order valence-electron chi connectivity index (χ2n) is 4.79. The minimum Gasteiger partial charge on any atom is -0.299 e. The molecule has 0 spiro atoms. The van der Waals surface area contributed by atoms with E-state index in [1.54, 1.807) is 0 Å². The molecule has 3 nitrogen and oxygen atoms in total. The van der Waals surface area contributed by atoms with Gasteiger partial charge in [0.2, 0.25) is 0 Å². The lowest BCUT2D eigenvalue weighted by molar-refractivity contribution is -0.149. The fraction of sp³-hybridized carbons (Fsp3) is 0.727. The summed E-state index contributed by atoms with van der Waals surface area (Å²) in [6.45, 7) is 0. The summed E-state index contributed by atoms with van der Waals surface area (Å²) in [4.78, 5) is 23.9. The SMILES string of the molecule is N#CSC1[C@@H]2C[C@H]3C[C@H](C[C@@H]1C3=O)C2=O. The zero-order valence-electron chi connectivity index (χ0n) is 8.18. The lowest BCUT2D eigenvalue weighted by Crippen LogP contribution is -2.57. The van der Waals surface area contributed by atoms with Gasteiger partial charge in [-0.2, -0.15) is 5.26 Å². The van der Waals surface area contributed by atoms with Gasteiger partial charge in [0.05, 0.1) is 0 Å². The van der Waals surface area contributed by atoms with Crippen molar-refractivity contribution in [3.05, 3.63) is 0 Å². The van der Waals surface area contributed by atoms with E-state index in [0.717, 1.165) is 18.2 Å². The molecule has 4 aliphatic carbocycles. The number of hydrogen-bond acceptors (Lipinski definition) is 4. The van der Waals surface area contributed by atoms with E-state index in [2.05, 4.69) is 0 Å². The molecule has 0 aliphatic heterocycles. The lowest BCUT2D eigenvalue weighted by Gasteiger charge is -2.50. The Morgan fingerprint density at radius 1 is 1.07 bits per heavy atom. The highest BCUT2D eigenvalue weighted by Crippen LogP contribution is 2.53. The van der Waals surface area contributed by atoms with Crippen LogP contribution in [-0.2, 0) is 9.59 Å². The second kappa shape index (κ2) is 3.08. The summed E-state index contributed by atoms with van der Waals surface area (Å²) in [7, 11) is 0. The normalized spacial score (nSPS) is 47.0. The molecule has 4 saturated carbocycles. The Morgan fingerprint density at radius 3 is 2.07 bits per heavy atom. The monoisotopic (exact) mass is 221 g/mol. The van der Waals surface area contributed by atoms with Crippen LogP contribution < -0.4 is 0 Å². The summed E-state index contributed by atoms with van der Waals surface area (Å²) < 4.78 is 0. The highest BCUT2D eigenvalue weighted by Gasteiger charge is 2.57. The fourth-order valence-electron chi connectivity index (χ4n) is 3.55. The van der Waals surface area contributed by atoms with Gasteiger partial charge in [-0.1, -0.05) is 0 Å². The predicted molar refractivity (Wildman–Crippen MR) is 54.8 cm³/mol. The Bertz CT molecular complexity index is 359. The van der Waals surface area contributed by atoms with Crippen LogP contribution in [0.25, 0.3) is 0 Å². The van der Waals surface area contributed by atoms with E-state index in [1.165, 1.54) is 0 Å². The van der Waals surface area contributed by atoms with Gasteiger partial charge in [0.1, 0.15) is 17.0 Å². The maximum absolute atomic E-state index is 11.9. The zero-order chi connectivity index (χ0) is 10.6. The van der Waals surface area contributed by atoms with Gasteiger partial charge < -0.3 is 0 Å². The average Bonchev–Trinajstić information content (AvgIpc) is 2.21. The number of nitriles is 1. The van der Waals surface area contributed by atoms with Gasteiger partial charge in [-0.15, -0.1) is 0 Å². The van der Waals surface area contributed by atoms with E-state index in [-0.39, 0.29) is 28.9 Å². The van der Waals surface area contributed by atoms with Crippen molar-refractivity contribution in [1.82, 2.24) is 0 Å². The fourth-order valence-corrected chi connectivity index (χ4v) is 4.49. The molecule has 0 radical (unpaired) electrons. The molecule has 78 valence electrons. The first-order valence-electron chi connectivity index (χ1n) is 5.34. The first-order chi connectivity index (χ1) is 7.22. The molecule has 0 heterocycles. The van der Waals surface area contributed by atoms with Crippen molar-refractivity contribution in [2.75, 3.05) is 0 Å². The van der Waals surface area contributed by atoms with Gasteiger partial charge in [-0.05, 0) is 31.0 Å². The number of hydrogen-bond donors (Lipinski definition) is 0. The number of Topliss-reactive ketones (excluding diaryl/α,β-unsaturated/α-hetero) is 2. The maximum Gasteiger partial charge on any atom is 0.140 e. The summed E-state index contributed by atoms with van der Waals surface area (Å²) in [5.74, 6) is 0.897. The number of rotatable bonds is 1. The molecule has 4 bridgehead atoms. The van der Waals surface area contributed by atoms with Crippen LogP contribution in [0.1, 0.15) is 19.3 Å². The quantitative estimate of drug-likeness (QED) is 0.628. The van der Waals surface area contributed by atoms with Gasteiger partial charge >= 0.3 is 0 Å². The van der Waals surface area contributed by atoms with Crippen LogP contribution >= 0.6 is 11.8 Å². The molecule has 4 aliphatic rings. The first-order valence-corrected chi connectivity index (χ1v) is 6.22. The van der Waals surface area contributed by atoms with Crippen molar-refractivity contribution in [3.63, 3.8) is 0 Å². The molecule has 4 atom stereocenters. The van der Waals surface area contributed by atoms with Crippen LogP contribution in [0.4, 0.5) is 0 Å². The van der Waals surface area contributed by atoms with Crippen molar-refractivity contribution in [1.29, 1.82) is 5.26 Å². The largest absolute Gasteiger partial charge is 0.299 e. The second-order valence-corrected chi connectivity index (χ2v) is 5.76. The van der Waals surface area contributed by atoms with Gasteiger partial charge in [-0.25, -0.2) is 0 Å². The third kappa shape index (κ3) is 1.13. The molecular weight excluding hydrogens is 210 g/mol. The summed E-state index contributed by atoms with van der Waals surface area (Å²) >= 11 is 1.14. The van der Waals surface area contributed by atoms with Gasteiger partial charge in [0, 0.05) is 28.9 Å². The molecule has 0 unspecified atom stereocenters. The summed E-state index contributed by atoms with van der Waals surface area (Å²) in [6, 6.07) is 0. The highest BCUT2D eigenvalue weighted by molar-refractivity contribution is 8.04. The van der Waals surface area contributed by atoms with Gasteiger partial charge in [-0.3, -0.25) is 9.59 Å². The Hall–Kier alpha value is -0.820. The smallest absolute Gasteiger partial charge is 0.140 e. The van der Waals surface area contributed by atoms with Crippen LogP contribution in [0.5, 0.6) is 0 Å².